The van der Waals surface area contributed by atoms with E-state index in [2.05, 4.69) is 5.32 Å². The van der Waals surface area contributed by atoms with Crippen LogP contribution in [0.2, 0.25) is 0 Å². The molecule has 0 aliphatic heterocycles. The third-order valence-electron chi connectivity index (χ3n) is 3.82. The van der Waals surface area contributed by atoms with Crippen LogP contribution in [0.1, 0.15) is 57.8 Å². The van der Waals surface area contributed by atoms with Crippen molar-refractivity contribution >= 4 is 0 Å². The highest BCUT2D eigenvalue weighted by Crippen LogP contribution is 2.27. The summed E-state index contributed by atoms with van der Waals surface area (Å²) in [5.74, 6) is 1.06. The second-order valence-corrected chi connectivity index (χ2v) is 4.87. The maximum Gasteiger partial charge on any atom is 0.00670 e. The molecule has 0 bridgehead atoms. The van der Waals surface area contributed by atoms with Gasteiger partial charge in [0.25, 0.3) is 0 Å². The van der Waals surface area contributed by atoms with Gasteiger partial charge in [-0.05, 0) is 31.7 Å². The van der Waals surface area contributed by atoms with Gasteiger partial charge >= 0.3 is 0 Å². The Hall–Kier alpha value is -0.0400. The Bertz CT molecular complexity index is 116. The van der Waals surface area contributed by atoms with Crippen LogP contribution in [-0.4, -0.2) is 12.6 Å². The van der Waals surface area contributed by atoms with Crippen LogP contribution in [0, 0.1) is 5.92 Å². The highest BCUT2D eigenvalue weighted by atomic mass is 14.9. The molecule has 0 spiro atoms. The van der Waals surface area contributed by atoms with Crippen molar-refractivity contribution in [2.45, 2.75) is 63.8 Å². The summed E-state index contributed by atoms with van der Waals surface area (Å²) in [6.45, 7) is 1.29. The fraction of sp³-hybridized carbons (Fsp3) is 1.00. The maximum atomic E-state index is 3.71. The van der Waals surface area contributed by atoms with E-state index in [9.17, 15) is 0 Å². The molecule has 2 aliphatic carbocycles. The predicted octanol–water partition coefficient (Wildman–Crippen LogP) is 3.10. The molecule has 0 heterocycles. The van der Waals surface area contributed by atoms with E-state index in [-0.39, 0.29) is 0 Å². The second kappa shape index (κ2) is 4.99. The monoisotopic (exact) mass is 181 g/mol. The first kappa shape index (κ1) is 9.51. The largest absolute Gasteiger partial charge is 0.314 e. The van der Waals surface area contributed by atoms with Crippen molar-refractivity contribution in [3.8, 4) is 0 Å². The molecule has 13 heavy (non-hydrogen) atoms. The lowest BCUT2D eigenvalue weighted by atomic mass is 10.0. The minimum Gasteiger partial charge on any atom is -0.314 e. The van der Waals surface area contributed by atoms with Crippen molar-refractivity contribution in [3.63, 3.8) is 0 Å². The molecular formula is C12H23N. The van der Waals surface area contributed by atoms with Crippen LogP contribution >= 0.6 is 0 Å². The lowest BCUT2D eigenvalue weighted by molar-refractivity contribution is 0.441. The Balaban J connectivity index is 1.52. The summed E-state index contributed by atoms with van der Waals surface area (Å²) in [6.07, 6.45) is 13.2. The van der Waals surface area contributed by atoms with Gasteiger partial charge in [0.15, 0.2) is 0 Å². The number of hydrogen-bond acceptors (Lipinski definition) is 1. The molecule has 0 aromatic carbocycles. The smallest absolute Gasteiger partial charge is 0.00670 e. The zero-order valence-electron chi connectivity index (χ0n) is 8.73. The van der Waals surface area contributed by atoms with E-state index < -0.39 is 0 Å². The van der Waals surface area contributed by atoms with Crippen LogP contribution in [0.5, 0.6) is 0 Å². The van der Waals surface area contributed by atoms with Crippen molar-refractivity contribution in [2.24, 2.45) is 5.92 Å². The van der Waals surface area contributed by atoms with Crippen molar-refractivity contribution in [1.29, 1.82) is 0 Å². The molecular weight excluding hydrogens is 158 g/mol. The van der Waals surface area contributed by atoms with Gasteiger partial charge in [-0.1, -0.05) is 38.5 Å². The summed E-state index contributed by atoms with van der Waals surface area (Å²) in [4.78, 5) is 0. The average Bonchev–Trinajstić information content (AvgIpc) is 2.75. The van der Waals surface area contributed by atoms with E-state index in [1.165, 1.54) is 64.3 Å². The van der Waals surface area contributed by atoms with E-state index in [4.69, 9.17) is 0 Å². The fourth-order valence-electron chi connectivity index (χ4n) is 2.92. The van der Waals surface area contributed by atoms with E-state index in [1.54, 1.807) is 0 Å². The van der Waals surface area contributed by atoms with E-state index >= 15 is 0 Å². The van der Waals surface area contributed by atoms with E-state index in [1.807, 2.05) is 0 Å². The van der Waals surface area contributed by atoms with Gasteiger partial charge in [-0.15, -0.1) is 0 Å². The molecule has 1 nitrogen and oxygen atoms in total. The van der Waals surface area contributed by atoms with Gasteiger partial charge in [-0.2, -0.15) is 0 Å². The van der Waals surface area contributed by atoms with Crippen LogP contribution < -0.4 is 5.32 Å². The minimum absolute atomic E-state index is 0.876. The third-order valence-corrected chi connectivity index (χ3v) is 3.82. The first-order valence-electron chi connectivity index (χ1n) is 6.18. The molecule has 0 aromatic heterocycles. The Labute approximate surface area is 82.3 Å². The molecule has 76 valence electrons. The highest BCUT2D eigenvalue weighted by Gasteiger charge is 2.17. The second-order valence-electron chi connectivity index (χ2n) is 4.87. The summed E-state index contributed by atoms with van der Waals surface area (Å²) in [5.41, 5.74) is 0. The molecule has 0 atom stereocenters. The Kier molecular flexibility index (Phi) is 3.65. The number of rotatable bonds is 4. The average molecular weight is 181 g/mol. The lowest BCUT2D eigenvalue weighted by Gasteiger charge is -2.14. The number of nitrogens with one attached hydrogen (secondary N) is 1. The maximum absolute atomic E-state index is 3.71. The topological polar surface area (TPSA) is 12.0 Å². The molecule has 2 saturated carbocycles. The summed E-state index contributed by atoms with van der Waals surface area (Å²) in [7, 11) is 0. The molecule has 0 unspecified atom stereocenters. The lowest BCUT2D eigenvalue weighted by Crippen LogP contribution is -2.27. The van der Waals surface area contributed by atoms with Crippen LogP contribution in [-0.2, 0) is 0 Å². The normalized spacial score (nSPS) is 25.8. The quantitative estimate of drug-likeness (QED) is 0.702. The van der Waals surface area contributed by atoms with E-state index in [0.29, 0.717) is 0 Å². The van der Waals surface area contributed by atoms with Crippen molar-refractivity contribution in [2.75, 3.05) is 6.54 Å². The molecule has 0 radical (unpaired) electrons. The summed E-state index contributed by atoms with van der Waals surface area (Å²) < 4.78 is 0. The van der Waals surface area contributed by atoms with Crippen molar-refractivity contribution < 1.29 is 0 Å². The molecule has 2 aliphatic rings. The predicted molar refractivity (Wildman–Crippen MR) is 56.8 cm³/mol. The summed E-state index contributed by atoms with van der Waals surface area (Å²) in [6, 6.07) is 0.876. The summed E-state index contributed by atoms with van der Waals surface area (Å²) in [5, 5.41) is 3.71. The zero-order valence-corrected chi connectivity index (χ0v) is 8.73. The fourth-order valence-corrected chi connectivity index (χ4v) is 2.92. The van der Waals surface area contributed by atoms with Crippen molar-refractivity contribution in [1.82, 2.24) is 5.32 Å². The molecule has 0 saturated heterocycles. The van der Waals surface area contributed by atoms with Gasteiger partial charge in [0.2, 0.25) is 0 Å². The van der Waals surface area contributed by atoms with Gasteiger partial charge in [0, 0.05) is 6.04 Å². The van der Waals surface area contributed by atoms with Gasteiger partial charge in [0.1, 0.15) is 0 Å². The van der Waals surface area contributed by atoms with E-state index in [0.717, 1.165) is 12.0 Å². The summed E-state index contributed by atoms with van der Waals surface area (Å²) >= 11 is 0. The van der Waals surface area contributed by atoms with Gasteiger partial charge < -0.3 is 5.32 Å². The Morgan fingerprint density at radius 1 is 0.846 bits per heavy atom. The van der Waals surface area contributed by atoms with Crippen molar-refractivity contribution in [3.05, 3.63) is 0 Å². The highest BCUT2D eigenvalue weighted by molar-refractivity contribution is 4.75. The third kappa shape index (κ3) is 2.98. The van der Waals surface area contributed by atoms with Crippen LogP contribution in [0.4, 0.5) is 0 Å². The molecule has 2 rings (SSSR count). The molecule has 1 N–H and O–H groups in total. The Morgan fingerprint density at radius 3 is 2.15 bits per heavy atom. The molecule has 1 heteroatoms. The first-order chi connectivity index (χ1) is 6.45. The molecule has 0 aromatic rings. The zero-order chi connectivity index (χ0) is 8.93. The van der Waals surface area contributed by atoms with Crippen LogP contribution in [0.25, 0.3) is 0 Å². The Morgan fingerprint density at radius 2 is 1.46 bits per heavy atom. The standard InChI is InChI=1S/C12H23N/c1-2-6-11(5-1)9-10-13-12-7-3-4-8-12/h11-13H,1-10H2. The van der Waals surface area contributed by atoms with Crippen LogP contribution in [0.15, 0.2) is 0 Å². The van der Waals surface area contributed by atoms with Crippen LogP contribution in [0.3, 0.4) is 0 Å². The SMILES string of the molecule is C1CCC(CCNC2CCCC2)C1. The van der Waals surface area contributed by atoms with Gasteiger partial charge in [0.05, 0.1) is 0 Å². The minimum atomic E-state index is 0.876. The number of hydrogen-bond donors (Lipinski definition) is 1. The molecule has 2 fully saturated rings. The van der Waals surface area contributed by atoms with Gasteiger partial charge in [-0.25, -0.2) is 0 Å². The van der Waals surface area contributed by atoms with Gasteiger partial charge in [-0.3, -0.25) is 0 Å². The molecule has 0 amide bonds. The first-order valence-corrected chi connectivity index (χ1v) is 6.18.